The number of hydrogen-bond donors (Lipinski definition) is 1. The summed E-state index contributed by atoms with van der Waals surface area (Å²) < 4.78 is 10.5. The fourth-order valence-electron chi connectivity index (χ4n) is 4.63. The summed E-state index contributed by atoms with van der Waals surface area (Å²) >= 11 is 0. The molecule has 2 aromatic heterocycles. The third kappa shape index (κ3) is 4.28. The Kier molecular flexibility index (Phi) is 5.50. The Bertz CT molecular complexity index is 768. The van der Waals surface area contributed by atoms with Crippen LogP contribution in [0.1, 0.15) is 38.0 Å². The highest BCUT2D eigenvalue weighted by molar-refractivity contribution is 5.76. The molecule has 1 atom stereocenters. The highest BCUT2D eigenvalue weighted by Crippen LogP contribution is 2.39. The first-order valence-corrected chi connectivity index (χ1v) is 10.0. The van der Waals surface area contributed by atoms with Gasteiger partial charge in [-0.05, 0) is 50.3 Å². The largest absolute Gasteiger partial charge is 0.461 e. The zero-order valence-electron chi connectivity index (χ0n) is 16.3. The normalized spacial score (nSPS) is 22.6. The van der Waals surface area contributed by atoms with Gasteiger partial charge < -0.3 is 23.8 Å². The number of aryl methyl sites for hydroxylation is 1. The Morgan fingerprint density at radius 1 is 1.39 bits per heavy atom. The van der Waals surface area contributed by atoms with E-state index in [9.17, 15) is 9.90 Å². The lowest BCUT2D eigenvalue weighted by atomic mass is 9.71. The minimum Gasteiger partial charge on any atom is -0.461 e. The predicted octanol–water partition coefficient (Wildman–Crippen LogP) is 1.96. The summed E-state index contributed by atoms with van der Waals surface area (Å²) in [6.07, 6.45) is 5.85. The first-order chi connectivity index (χ1) is 13.5. The molecule has 1 spiro atoms. The van der Waals surface area contributed by atoms with E-state index in [1.165, 1.54) is 0 Å². The number of aliphatic hydroxyl groups is 1. The van der Waals surface area contributed by atoms with Crippen LogP contribution in [-0.4, -0.2) is 70.3 Å². The van der Waals surface area contributed by atoms with E-state index in [2.05, 4.69) is 22.1 Å². The van der Waals surface area contributed by atoms with Crippen molar-refractivity contribution < 1.29 is 18.8 Å². The average molecular weight is 388 g/mol. The van der Waals surface area contributed by atoms with Crippen LogP contribution in [0, 0.1) is 5.41 Å². The Hall–Kier alpha value is -2.19. The molecule has 0 radical (unpaired) electrons. The molecule has 2 aliphatic rings. The number of likely N-dealkylation sites (tertiary alicyclic amines) is 2. The molecule has 4 heterocycles. The average Bonchev–Trinajstić information content (AvgIpc) is 3.33. The second-order valence-corrected chi connectivity index (χ2v) is 8.28. The van der Waals surface area contributed by atoms with E-state index in [1.807, 2.05) is 4.90 Å². The van der Waals surface area contributed by atoms with E-state index in [1.54, 1.807) is 18.4 Å². The first kappa shape index (κ1) is 19.1. The van der Waals surface area contributed by atoms with Crippen LogP contribution >= 0.6 is 0 Å². The summed E-state index contributed by atoms with van der Waals surface area (Å²) in [5, 5.41) is 14.0. The number of furan rings is 1. The number of nitrogens with zero attached hydrogens (tertiary/aromatic N) is 4. The molecule has 8 nitrogen and oxygen atoms in total. The standard InChI is InChI=1S/C20H28N4O4/c1-23-13-15(25)12-20(14-23)7-9-24(10-8-20)18(26)6-2-5-17-21-19(22-28-17)16-4-3-11-27-16/h3-4,11,15,25H,2,5-10,12-14H2,1H3. The molecule has 28 heavy (non-hydrogen) atoms. The predicted molar refractivity (Wildman–Crippen MR) is 101 cm³/mol. The highest BCUT2D eigenvalue weighted by atomic mass is 16.5. The summed E-state index contributed by atoms with van der Waals surface area (Å²) in [6.45, 7) is 3.33. The van der Waals surface area contributed by atoms with E-state index in [0.29, 0.717) is 36.7 Å². The smallest absolute Gasteiger partial charge is 0.238 e. The van der Waals surface area contributed by atoms with E-state index >= 15 is 0 Å². The van der Waals surface area contributed by atoms with Gasteiger partial charge in [0.2, 0.25) is 17.6 Å². The highest BCUT2D eigenvalue weighted by Gasteiger charge is 2.41. The Morgan fingerprint density at radius 2 is 2.21 bits per heavy atom. The minimum atomic E-state index is -0.249. The lowest BCUT2D eigenvalue weighted by Gasteiger charge is -2.48. The Morgan fingerprint density at radius 3 is 2.93 bits per heavy atom. The van der Waals surface area contributed by atoms with Gasteiger partial charge >= 0.3 is 0 Å². The molecular formula is C20H28N4O4. The van der Waals surface area contributed by atoms with Gasteiger partial charge in [0.25, 0.3) is 0 Å². The summed E-state index contributed by atoms with van der Waals surface area (Å²) in [5.74, 6) is 1.72. The van der Waals surface area contributed by atoms with Crippen LogP contribution in [0.5, 0.6) is 0 Å². The molecular weight excluding hydrogens is 360 g/mol. The van der Waals surface area contributed by atoms with Crippen LogP contribution in [0.15, 0.2) is 27.3 Å². The number of hydrogen-bond acceptors (Lipinski definition) is 7. The first-order valence-electron chi connectivity index (χ1n) is 10.0. The molecule has 2 fully saturated rings. The van der Waals surface area contributed by atoms with Crippen molar-refractivity contribution in [3.63, 3.8) is 0 Å². The van der Waals surface area contributed by atoms with Crippen LogP contribution in [-0.2, 0) is 11.2 Å². The molecule has 1 amide bonds. The number of carbonyl (C=O) groups excluding carboxylic acids is 1. The van der Waals surface area contributed by atoms with Gasteiger partial charge in [-0.2, -0.15) is 4.98 Å². The molecule has 152 valence electrons. The quantitative estimate of drug-likeness (QED) is 0.836. The van der Waals surface area contributed by atoms with Crippen molar-refractivity contribution in [2.75, 3.05) is 33.2 Å². The number of amides is 1. The third-order valence-corrected chi connectivity index (χ3v) is 5.96. The number of carbonyl (C=O) groups is 1. The van der Waals surface area contributed by atoms with Gasteiger partial charge in [-0.3, -0.25) is 4.79 Å². The third-order valence-electron chi connectivity index (χ3n) is 5.96. The van der Waals surface area contributed by atoms with E-state index < -0.39 is 0 Å². The van der Waals surface area contributed by atoms with Crippen molar-refractivity contribution in [3.8, 4) is 11.6 Å². The monoisotopic (exact) mass is 388 g/mol. The van der Waals surface area contributed by atoms with Crippen molar-refractivity contribution in [1.29, 1.82) is 0 Å². The summed E-state index contributed by atoms with van der Waals surface area (Å²) in [4.78, 5) is 21.1. The molecule has 0 bridgehead atoms. The zero-order valence-corrected chi connectivity index (χ0v) is 16.3. The molecule has 1 unspecified atom stereocenters. The summed E-state index contributed by atoms with van der Waals surface area (Å²) in [5.41, 5.74) is 0.162. The van der Waals surface area contributed by atoms with E-state index in [0.717, 1.165) is 45.4 Å². The molecule has 0 aromatic carbocycles. The molecule has 1 N–H and O–H groups in total. The second-order valence-electron chi connectivity index (χ2n) is 8.28. The zero-order chi connectivity index (χ0) is 19.6. The number of likely N-dealkylation sites (N-methyl/N-ethyl adjacent to an activating group) is 1. The van der Waals surface area contributed by atoms with Gasteiger partial charge in [-0.1, -0.05) is 5.16 Å². The minimum absolute atomic E-state index is 0.162. The van der Waals surface area contributed by atoms with Crippen molar-refractivity contribution >= 4 is 5.91 Å². The van der Waals surface area contributed by atoms with Gasteiger partial charge in [0.05, 0.1) is 12.4 Å². The molecule has 0 saturated carbocycles. The van der Waals surface area contributed by atoms with Crippen LogP contribution < -0.4 is 0 Å². The molecule has 4 rings (SSSR count). The maximum Gasteiger partial charge on any atom is 0.238 e. The molecule has 0 aliphatic carbocycles. The van der Waals surface area contributed by atoms with Crippen LogP contribution in [0.25, 0.3) is 11.6 Å². The molecule has 2 saturated heterocycles. The van der Waals surface area contributed by atoms with Gasteiger partial charge in [-0.15, -0.1) is 0 Å². The number of rotatable bonds is 5. The van der Waals surface area contributed by atoms with Crippen LogP contribution in [0.2, 0.25) is 0 Å². The lowest BCUT2D eigenvalue weighted by Crippen LogP contribution is -2.53. The van der Waals surface area contributed by atoms with Gasteiger partial charge in [0, 0.05) is 39.0 Å². The number of β-amino-alcohol motifs (C(OH)–C–C–N with tert-alkyl or cyclic N) is 1. The van der Waals surface area contributed by atoms with Crippen molar-refractivity contribution in [3.05, 3.63) is 24.3 Å². The van der Waals surface area contributed by atoms with Crippen LogP contribution in [0.4, 0.5) is 0 Å². The van der Waals surface area contributed by atoms with Crippen molar-refractivity contribution in [2.45, 2.75) is 44.6 Å². The van der Waals surface area contributed by atoms with Crippen LogP contribution in [0.3, 0.4) is 0 Å². The Labute approximate surface area is 164 Å². The fraction of sp³-hybridized carbons (Fsp3) is 0.650. The fourth-order valence-corrected chi connectivity index (χ4v) is 4.63. The van der Waals surface area contributed by atoms with Crippen molar-refractivity contribution in [1.82, 2.24) is 19.9 Å². The summed E-state index contributed by atoms with van der Waals surface area (Å²) in [7, 11) is 2.07. The maximum atomic E-state index is 12.6. The second kappa shape index (κ2) is 8.05. The molecule has 2 aromatic rings. The van der Waals surface area contributed by atoms with Gasteiger partial charge in [0.15, 0.2) is 5.76 Å². The van der Waals surface area contributed by atoms with E-state index in [4.69, 9.17) is 8.94 Å². The van der Waals surface area contributed by atoms with E-state index in [-0.39, 0.29) is 17.4 Å². The Balaban J connectivity index is 1.22. The SMILES string of the molecule is CN1CC(O)CC2(CCN(C(=O)CCCc3nc(-c4ccco4)no3)CC2)C1. The van der Waals surface area contributed by atoms with Gasteiger partial charge in [0.1, 0.15) is 0 Å². The molecule has 8 heteroatoms. The topological polar surface area (TPSA) is 95.8 Å². The van der Waals surface area contributed by atoms with Crippen molar-refractivity contribution in [2.24, 2.45) is 5.41 Å². The maximum absolute atomic E-state index is 12.6. The number of aromatic nitrogens is 2. The summed E-state index contributed by atoms with van der Waals surface area (Å²) in [6, 6.07) is 3.56. The number of piperidine rings is 2. The lowest BCUT2D eigenvalue weighted by molar-refractivity contribution is -0.135. The van der Waals surface area contributed by atoms with Gasteiger partial charge in [-0.25, -0.2) is 0 Å². The number of aliphatic hydroxyl groups excluding tert-OH is 1. The molecule has 2 aliphatic heterocycles.